The standard InChI is InChI=1S/C14H24N2O4/c1-4-9(2)12(14(19)20)15-13(18)11-5-7-16(8-6-11)10(3)17/h9,11-12H,4-8H2,1-3H3,(H,15,18)(H,19,20)/t9?,12-/m0/s1. The van der Waals surface area contributed by atoms with Gasteiger partial charge in [0.05, 0.1) is 0 Å². The monoisotopic (exact) mass is 284 g/mol. The van der Waals surface area contributed by atoms with Gasteiger partial charge in [-0.15, -0.1) is 0 Å². The van der Waals surface area contributed by atoms with Crippen molar-refractivity contribution in [3.05, 3.63) is 0 Å². The molecule has 1 aliphatic rings. The van der Waals surface area contributed by atoms with Crippen molar-refractivity contribution in [3.8, 4) is 0 Å². The van der Waals surface area contributed by atoms with Gasteiger partial charge in [0.15, 0.2) is 0 Å². The maximum atomic E-state index is 12.1. The fraction of sp³-hybridized carbons (Fsp3) is 0.786. The van der Waals surface area contributed by atoms with E-state index in [1.807, 2.05) is 13.8 Å². The third-order valence-corrected chi connectivity index (χ3v) is 4.09. The molecule has 1 saturated heterocycles. The number of nitrogens with zero attached hydrogens (tertiary/aromatic N) is 1. The Morgan fingerprint density at radius 3 is 2.25 bits per heavy atom. The quantitative estimate of drug-likeness (QED) is 0.784. The van der Waals surface area contributed by atoms with E-state index in [1.54, 1.807) is 4.90 Å². The van der Waals surface area contributed by atoms with Crippen LogP contribution in [-0.2, 0) is 14.4 Å². The lowest BCUT2D eigenvalue weighted by Crippen LogP contribution is -2.49. The van der Waals surface area contributed by atoms with Crippen molar-refractivity contribution in [1.29, 1.82) is 0 Å². The number of carboxylic acid groups (broad SMARTS) is 1. The number of amides is 2. The number of likely N-dealkylation sites (tertiary alicyclic amines) is 1. The first-order chi connectivity index (χ1) is 9.36. The molecule has 0 aromatic rings. The van der Waals surface area contributed by atoms with E-state index < -0.39 is 12.0 Å². The molecule has 1 rings (SSSR count). The SMILES string of the molecule is CCC(C)[C@H](NC(=O)C1CCN(C(C)=O)CC1)C(=O)O. The number of hydrogen-bond acceptors (Lipinski definition) is 3. The van der Waals surface area contributed by atoms with Crippen molar-refractivity contribution < 1.29 is 19.5 Å². The van der Waals surface area contributed by atoms with Gasteiger partial charge in [0.25, 0.3) is 0 Å². The third-order valence-electron chi connectivity index (χ3n) is 4.09. The number of hydrogen-bond donors (Lipinski definition) is 2. The molecule has 1 heterocycles. The zero-order chi connectivity index (χ0) is 15.3. The van der Waals surface area contributed by atoms with Crippen LogP contribution in [0.4, 0.5) is 0 Å². The van der Waals surface area contributed by atoms with Crippen LogP contribution in [0.1, 0.15) is 40.0 Å². The predicted octanol–water partition coefficient (Wildman–Crippen LogP) is 0.860. The normalized spacial score (nSPS) is 19.2. The van der Waals surface area contributed by atoms with Crippen molar-refractivity contribution in [1.82, 2.24) is 10.2 Å². The molecular weight excluding hydrogens is 260 g/mol. The lowest BCUT2D eigenvalue weighted by atomic mass is 9.93. The summed E-state index contributed by atoms with van der Waals surface area (Å²) in [4.78, 5) is 36.3. The van der Waals surface area contributed by atoms with Crippen molar-refractivity contribution in [2.75, 3.05) is 13.1 Å². The molecule has 6 heteroatoms. The van der Waals surface area contributed by atoms with Gasteiger partial charge in [-0.05, 0) is 18.8 Å². The summed E-state index contributed by atoms with van der Waals surface area (Å²) in [5.41, 5.74) is 0. The van der Waals surface area contributed by atoms with Gasteiger partial charge in [-0.3, -0.25) is 9.59 Å². The number of carbonyl (C=O) groups is 3. The minimum absolute atomic E-state index is 0.0203. The summed E-state index contributed by atoms with van der Waals surface area (Å²) in [6.07, 6.45) is 1.89. The highest BCUT2D eigenvalue weighted by molar-refractivity contribution is 5.85. The smallest absolute Gasteiger partial charge is 0.326 e. The van der Waals surface area contributed by atoms with Gasteiger partial charge in [-0.1, -0.05) is 20.3 Å². The molecule has 20 heavy (non-hydrogen) atoms. The van der Waals surface area contributed by atoms with Crippen molar-refractivity contribution in [2.45, 2.75) is 46.1 Å². The Labute approximate surface area is 119 Å². The lowest BCUT2D eigenvalue weighted by molar-refractivity contribution is -0.144. The van der Waals surface area contributed by atoms with Gasteiger partial charge in [-0.2, -0.15) is 0 Å². The van der Waals surface area contributed by atoms with Crippen molar-refractivity contribution >= 4 is 17.8 Å². The van der Waals surface area contributed by atoms with Gasteiger partial charge < -0.3 is 15.3 Å². The molecule has 2 amide bonds. The predicted molar refractivity (Wildman–Crippen MR) is 74.0 cm³/mol. The van der Waals surface area contributed by atoms with Gasteiger partial charge in [0, 0.05) is 25.9 Å². The maximum Gasteiger partial charge on any atom is 0.326 e. The highest BCUT2D eigenvalue weighted by atomic mass is 16.4. The number of nitrogens with one attached hydrogen (secondary N) is 1. The van der Waals surface area contributed by atoms with Crippen LogP contribution in [0.2, 0.25) is 0 Å². The zero-order valence-electron chi connectivity index (χ0n) is 12.4. The Balaban J connectivity index is 2.54. The van der Waals surface area contributed by atoms with E-state index in [9.17, 15) is 14.4 Å². The average molecular weight is 284 g/mol. The maximum absolute atomic E-state index is 12.1. The highest BCUT2D eigenvalue weighted by Gasteiger charge is 2.31. The molecule has 0 aromatic heterocycles. The summed E-state index contributed by atoms with van der Waals surface area (Å²) in [6.45, 7) is 6.36. The number of rotatable bonds is 5. The number of carbonyl (C=O) groups excluding carboxylic acids is 2. The second-order valence-corrected chi connectivity index (χ2v) is 5.49. The van der Waals surface area contributed by atoms with E-state index in [2.05, 4.69) is 5.32 Å². The Kier molecular flexibility index (Phi) is 5.98. The number of carboxylic acids is 1. The molecule has 2 atom stereocenters. The first kappa shape index (κ1) is 16.5. The van der Waals surface area contributed by atoms with Gasteiger partial charge in [-0.25, -0.2) is 4.79 Å². The molecule has 0 bridgehead atoms. The summed E-state index contributed by atoms with van der Waals surface area (Å²) < 4.78 is 0. The van der Waals surface area contributed by atoms with Gasteiger partial charge in [0.2, 0.25) is 11.8 Å². The second kappa shape index (κ2) is 7.26. The summed E-state index contributed by atoms with van der Waals surface area (Å²) >= 11 is 0. The molecule has 6 nitrogen and oxygen atoms in total. The van der Waals surface area contributed by atoms with E-state index in [-0.39, 0.29) is 23.7 Å². The van der Waals surface area contributed by atoms with Crippen LogP contribution in [0.3, 0.4) is 0 Å². The van der Waals surface area contributed by atoms with E-state index in [1.165, 1.54) is 6.92 Å². The largest absolute Gasteiger partial charge is 0.480 e. The highest BCUT2D eigenvalue weighted by Crippen LogP contribution is 2.18. The van der Waals surface area contributed by atoms with Crippen LogP contribution in [0.25, 0.3) is 0 Å². The van der Waals surface area contributed by atoms with E-state index in [0.29, 0.717) is 32.4 Å². The van der Waals surface area contributed by atoms with E-state index in [4.69, 9.17) is 5.11 Å². The summed E-state index contributed by atoms with van der Waals surface area (Å²) in [5.74, 6) is -1.48. The molecule has 1 aliphatic heterocycles. The van der Waals surface area contributed by atoms with Crippen LogP contribution in [0.15, 0.2) is 0 Å². The van der Waals surface area contributed by atoms with Crippen LogP contribution in [-0.4, -0.2) is 46.9 Å². The fourth-order valence-electron chi connectivity index (χ4n) is 2.41. The molecule has 0 saturated carbocycles. The second-order valence-electron chi connectivity index (χ2n) is 5.49. The summed E-state index contributed by atoms with van der Waals surface area (Å²) in [6, 6.07) is -0.835. The fourth-order valence-corrected chi connectivity index (χ4v) is 2.41. The van der Waals surface area contributed by atoms with Crippen LogP contribution < -0.4 is 5.32 Å². The first-order valence-corrected chi connectivity index (χ1v) is 7.15. The Bertz CT molecular complexity index is 375. The molecule has 1 unspecified atom stereocenters. The Hall–Kier alpha value is -1.59. The molecule has 0 aromatic carbocycles. The minimum Gasteiger partial charge on any atom is -0.480 e. The Morgan fingerprint density at radius 2 is 1.85 bits per heavy atom. The summed E-state index contributed by atoms with van der Waals surface area (Å²) in [7, 11) is 0. The molecule has 114 valence electrons. The van der Waals surface area contributed by atoms with Crippen molar-refractivity contribution in [2.24, 2.45) is 11.8 Å². The van der Waals surface area contributed by atoms with Crippen molar-refractivity contribution in [3.63, 3.8) is 0 Å². The lowest BCUT2D eigenvalue weighted by Gasteiger charge is -2.31. The molecule has 0 spiro atoms. The molecule has 0 aliphatic carbocycles. The summed E-state index contributed by atoms with van der Waals surface area (Å²) in [5, 5.41) is 11.8. The molecule has 1 fully saturated rings. The molecular formula is C14H24N2O4. The third kappa shape index (κ3) is 4.21. The number of aliphatic carboxylic acids is 1. The topological polar surface area (TPSA) is 86.7 Å². The number of piperidine rings is 1. The first-order valence-electron chi connectivity index (χ1n) is 7.15. The van der Waals surface area contributed by atoms with E-state index in [0.717, 1.165) is 0 Å². The van der Waals surface area contributed by atoms with Crippen LogP contribution in [0.5, 0.6) is 0 Å². The van der Waals surface area contributed by atoms with Crippen LogP contribution in [0, 0.1) is 11.8 Å². The molecule has 2 N–H and O–H groups in total. The minimum atomic E-state index is -0.992. The van der Waals surface area contributed by atoms with Gasteiger partial charge in [0.1, 0.15) is 6.04 Å². The Morgan fingerprint density at radius 1 is 1.30 bits per heavy atom. The van der Waals surface area contributed by atoms with Gasteiger partial charge >= 0.3 is 5.97 Å². The zero-order valence-corrected chi connectivity index (χ0v) is 12.4. The average Bonchev–Trinajstić information content (AvgIpc) is 2.43. The van der Waals surface area contributed by atoms with E-state index >= 15 is 0 Å². The molecule has 0 radical (unpaired) electrons. The van der Waals surface area contributed by atoms with Crippen LogP contribution >= 0.6 is 0 Å².